The highest BCUT2D eigenvalue weighted by atomic mass is 79.9. The lowest BCUT2D eigenvalue weighted by molar-refractivity contribution is 0.661. The van der Waals surface area contributed by atoms with Crippen molar-refractivity contribution < 1.29 is 0 Å². The molecule has 0 unspecified atom stereocenters. The number of thiazole rings is 1. The van der Waals surface area contributed by atoms with Crippen molar-refractivity contribution in [3.8, 4) is 0 Å². The van der Waals surface area contributed by atoms with Crippen LogP contribution in [-0.2, 0) is 6.54 Å². The molecule has 4 nitrogen and oxygen atoms in total. The zero-order valence-corrected chi connectivity index (χ0v) is 10.3. The van der Waals surface area contributed by atoms with Gasteiger partial charge in [-0.15, -0.1) is 16.4 Å². The van der Waals surface area contributed by atoms with E-state index in [0.717, 1.165) is 5.01 Å². The Morgan fingerprint density at radius 2 is 2.31 bits per heavy atom. The van der Waals surface area contributed by atoms with Gasteiger partial charge in [0.1, 0.15) is 5.01 Å². The number of halogens is 2. The van der Waals surface area contributed by atoms with Gasteiger partial charge in [-0.05, 0) is 31.9 Å². The van der Waals surface area contributed by atoms with Crippen LogP contribution in [-0.4, -0.2) is 19.7 Å². The molecule has 0 atom stereocenters. The van der Waals surface area contributed by atoms with E-state index in [4.69, 9.17) is 0 Å². The average molecular weight is 324 g/mol. The summed E-state index contributed by atoms with van der Waals surface area (Å²) < 4.78 is 3.02. The Hall–Kier alpha value is -0.270. The van der Waals surface area contributed by atoms with E-state index in [2.05, 4.69) is 46.9 Å². The third-order valence-corrected chi connectivity index (χ3v) is 3.06. The highest BCUT2D eigenvalue weighted by molar-refractivity contribution is 9.11. The van der Waals surface area contributed by atoms with Crippen LogP contribution in [0.1, 0.15) is 5.01 Å². The summed E-state index contributed by atoms with van der Waals surface area (Å²) in [5, 5.41) is 7.08. The van der Waals surface area contributed by atoms with Crippen molar-refractivity contribution in [1.29, 1.82) is 0 Å². The van der Waals surface area contributed by atoms with Crippen molar-refractivity contribution in [3.63, 3.8) is 0 Å². The molecule has 0 aliphatic rings. The van der Waals surface area contributed by atoms with Gasteiger partial charge >= 0.3 is 0 Å². The topological polar surface area (TPSA) is 43.6 Å². The van der Waals surface area contributed by atoms with Gasteiger partial charge in [-0.1, -0.05) is 0 Å². The summed E-state index contributed by atoms with van der Waals surface area (Å²) in [5.74, 6) is 0. The number of hydrogen-bond donors (Lipinski definition) is 0. The normalized spacial score (nSPS) is 10.6. The molecule has 2 heterocycles. The molecule has 0 saturated carbocycles. The Labute approximate surface area is 95.3 Å². The zero-order chi connectivity index (χ0) is 9.26. The summed E-state index contributed by atoms with van der Waals surface area (Å²) in [7, 11) is 0. The lowest BCUT2D eigenvalue weighted by atomic mass is 10.7. The predicted molar refractivity (Wildman–Crippen MR) is 56.6 cm³/mol. The van der Waals surface area contributed by atoms with Crippen LogP contribution in [0, 0.1) is 0 Å². The van der Waals surface area contributed by atoms with E-state index in [0.29, 0.717) is 16.0 Å². The average Bonchev–Trinajstić information content (AvgIpc) is 2.63. The smallest absolute Gasteiger partial charge is 0.218 e. The van der Waals surface area contributed by atoms with Crippen molar-refractivity contribution >= 4 is 43.2 Å². The molecular formula is C6H4Br2N4S. The van der Waals surface area contributed by atoms with Gasteiger partial charge in [0.25, 0.3) is 0 Å². The third-order valence-electron chi connectivity index (χ3n) is 1.37. The molecule has 0 saturated heterocycles. The molecule has 0 aliphatic heterocycles. The molecule has 0 amide bonds. The maximum Gasteiger partial charge on any atom is 0.218 e. The van der Waals surface area contributed by atoms with Crippen LogP contribution in [0.2, 0.25) is 0 Å². The molecule has 0 fully saturated rings. The largest absolute Gasteiger partial charge is 0.248 e. The first-order valence-corrected chi connectivity index (χ1v) is 5.86. The molecular weight excluding hydrogens is 320 g/mol. The van der Waals surface area contributed by atoms with Crippen LogP contribution in [0.15, 0.2) is 21.0 Å². The predicted octanol–water partition coefficient (Wildman–Crippen LogP) is 2.31. The molecule has 7 heteroatoms. The highest BCUT2D eigenvalue weighted by Crippen LogP contribution is 2.14. The Morgan fingerprint density at radius 1 is 1.46 bits per heavy atom. The number of aromatic nitrogens is 4. The van der Waals surface area contributed by atoms with Gasteiger partial charge in [0.2, 0.25) is 4.73 Å². The third kappa shape index (κ3) is 2.15. The van der Waals surface area contributed by atoms with Gasteiger partial charge in [0.05, 0.1) is 6.54 Å². The van der Waals surface area contributed by atoms with E-state index < -0.39 is 0 Å². The second kappa shape index (κ2) is 3.85. The van der Waals surface area contributed by atoms with Gasteiger partial charge in [-0.2, -0.15) is 4.98 Å². The van der Waals surface area contributed by atoms with E-state index in [1.165, 1.54) is 0 Å². The Morgan fingerprint density at radius 3 is 2.85 bits per heavy atom. The van der Waals surface area contributed by atoms with E-state index in [1.54, 1.807) is 22.2 Å². The van der Waals surface area contributed by atoms with E-state index >= 15 is 0 Å². The SMILES string of the molecule is Brc1nc(Br)n(Cc2nccs2)n1. The maximum atomic E-state index is 4.16. The van der Waals surface area contributed by atoms with Crippen LogP contribution in [0.3, 0.4) is 0 Å². The number of hydrogen-bond acceptors (Lipinski definition) is 4. The van der Waals surface area contributed by atoms with Crippen LogP contribution in [0.5, 0.6) is 0 Å². The molecule has 0 radical (unpaired) electrons. The lowest BCUT2D eigenvalue weighted by Crippen LogP contribution is -2.01. The van der Waals surface area contributed by atoms with Gasteiger partial charge in [-0.3, -0.25) is 0 Å². The fraction of sp³-hybridized carbons (Fsp3) is 0.167. The molecule has 13 heavy (non-hydrogen) atoms. The minimum absolute atomic E-state index is 0.580. The van der Waals surface area contributed by atoms with Gasteiger partial charge in [0.15, 0.2) is 4.73 Å². The van der Waals surface area contributed by atoms with Crippen molar-refractivity contribution in [2.75, 3.05) is 0 Å². The van der Waals surface area contributed by atoms with Crippen molar-refractivity contribution in [2.45, 2.75) is 6.54 Å². The summed E-state index contributed by atoms with van der Waals surface area (Å²) in [4.78, 5) is 8.21. The van der Waals surface area contributed by atoms with E-state index in [1.807, 2.05) is 5.38 Å². The lowest BCUT2D eigenvalue weighted by Gasteiger charge is -1.96. The minimum atomic E-state index is 0.580. The summed E-state index contributed by atoms with van der Waals surface area (Å²) in [6.07, 6.45) is 1.78. The molecule has 2 aromatic heterocycles. The molecule has 0 spiro atoms. The summed E-state index contributed by atoms with van der Waals surface area (Å²) in [6, 6.07) is 0. The molecule has 0 bridgehead atoms. The van der Waals surface area contributed by atoms with Crippen molar-refractivity contribution in [3.05, 3.63) is 26.1 Å². The van der Waals surface area contributed by atoms with Crippen LogP contribution in [0.25, 0.3) is 0 Å². The number of rotatable bonds is 2. The first-order chi connectivity index (χ1) is 6.25. The first kappa shape index (κ1) is 9.29. The Balaban J connectivity index is 2.23. The molecule has 2 aromatic rings. The first-order valence-electron chi connectivity index (χ1n) is 3.40. The van der Waals surface area contributed by atoms with Crippen molar-refractivity contribution in [1.82, 2.24) is 19.7 Å². The minimum Gasteiger partial charge on any atom is -0.248 e. The van der Waals surface area contributed by atoms with E-state index in [9.17, 15) is 0 Å². The van der Waals surface area contributed by atoms with Gasteiger partial charge < -0.3 is 0 Å². The zero-order valence-electron chi connectivity index (χ0n) is 6.31. The fourth-order valence-electron chi connectivity index (χ4n) is 0.857. The van der Waals surface area contributed by atoms with Gasteiger partial charge in [0, 0.05) is 11.6 Å². The second-order valence-corrected chi connectivity index (χ2v) is 4.63. The Bertz CT molecular complexity index is 397. The highest BCUT2D eigenvalue weighted by Gasteiger charge is 2.06. The standard InChI is InChI=1S/C6H4Br2N4S/c7-5-10-6(8)12(11-5)3-4-9-1-2-13-4/h1-2H,3H2. The molecule has 0 N–H and O–H groups in total. The maximum absolute atomic E-state index is 4.16. The monoisotopic (exact) mass is 322 g/mol. The summed E-state index contributed by atoms with van der Waals surface area (Å²) >= 11 is 8.10. The molecule has 0 aromatic carbocycles. The van der Waals surface area contributed by atoms with Crippen LogP contribution >= 0.6 is 43.2 Å². The second-order valence-electron chi connectivity index (χ2n) is 2.23. The van der Waals surface area contributed by atoms with E-state index in [-0.39, 0.29) is 0 Å². The van der Waals surface area contributed by atoms with Gasteiger partial charge in [-0.25, -0.2) is 9.67 Å². The molecule has 0 aliphatic carbocycles. The molecule has 68 valence electrons. The number of nitrogens with zero attached hydrogens (tertiary/aromatic N) is 4. The quantitative estimate of drug-likeness (QED) is 0.851. The fourth-order valence-corrected chi connectivity index (χ4v) is 2.42. The van der Waals surface area contributed by atoms with Crippen molar-refractivity contribution in [2.24, 2.45) is 0 Å². The molecule has 2 rings (SSSR count). The summed E-state index contributed by atoms with van der Waals surface area (Å²) in [5.41, 5.74) is 0. The Kier molecular flexibility index (Phi) is 2.75. The summed E-state index contributed by atoms with van der Waals surface area (Å²) in [6.45, 7) is 0.650. The van der Waals surface area contributed by atoms with Crippen LogP contribution in [0.4, 0.5) is 0 Å². The van der Waals surface area contributed by atoms with Crippen LogP contribution < -0.4 is 0 Å².